The van der Waals surface area contributed by atoms with Crippen molar-refractivity contribution in [1.82, 2.24) is 0 Å². The standard InChI is InChI=1S/C16H15ClN2O5S/c17-14-9-11(4-5-12-3-1-7-23-12)13(10-15(14)25(19,21)22)16(20)24-8-2-6-18/h1,3,7,9-10H,2,4-5,8H2,(H2,19,21,22). The largest absolute Gasteiger partial charge is 0.469 e. The Labute approximate surface area is 150 Å². The van der Waals surface area contributed by atoms with Crippen LogP contribution >= 0.6 is 11.6 Å². The third-order valence-corrected chi connectivity index (χ3v) is 4.73. The van der Waals surface area contributed by atoms with Gasteiger partial charge in [-0.25, -0.2) is 18.4 Å². The molecule has 1 aromatic heterocycles. The van der Waals surface area contributed by atoms with E-state index >= 15 is 0 Å². The monoisotopic (exact) mass is 382 g/mol. The van der Waals surface area contributed by atoms with Gasteiger partial charge in [0.05, 0.1) is 29.3 Å². The molecule has 0 fully saturated rings. The van der Waals surface area contributed by atoms with Gasteiger partial charge >= 0.3 is 5.97 Å². The molecular formula is C16H15ClN2O5S. The van der Waals surface area contributed by atoms with Crippen LogP contribution in [0, 0.1) is 11.3 Å². The minimum atomic E-state index is -4.10. The molecule has 1 aromatic carbocycles. The van der Waals surface area contributed by atoms with Gasteiger partial charge < -0.3 is 9.15 Å². The van der Waals surface area contributed by atoms with Crippen molar-refractivity contribution >= 4 is 27.6 Å². The number of carbonyl (C=O) groups excluding carboxylic acids is 1. The lowest BCUT2D eigenvalue weighted by Crippen LogP contribution is -2.16. The van der Waals surface area contributed by atoms with Gasteiger partial charge in [-0.3, -0.25) is 0 Å². The highest BCUT2D eigenvalue weighted by atomic mass is 35.5. The fourth-order valence-electron chi connectivity index (χ4n) is 2.19. The third-order valence-electron chi connectivity index (χ3n) is 3.35. The molecule has 0 atom stereocenters. The molecule has 9 heteroatoms. The highest BCUT2D eigenvalue weighted by Gasteiger charge is 2.21. The van der Waals surface area contributed by atoms with Crippen LogP contribution in [-0.4, -0.2) is 21.0 Å². The number of benzene rings is 1. The molecule has 0 aliphatic heterocycles. The second kappa shape index (κ2) is 8.16. The van der Waals surface area contributed by atoms with E-state index in [0.717, 1.165) is 6.07 Å². The van der Waals surface area contributed by atoms with Gasteiger partial charge in [-0.15, -0.1) is 0 Å². The normalized spacial score (nSPS) is 11.1. The Balaban J connectivity index is 2.36. The van der Waals surface area contributed by atoms with Crippen LogP contribution < -0.4 is 5.14 Å². The molecule has 2 rings (SSSR count). The average molecular weight is 383 g/mol. The van der Waals surface area contributed by atoms with Gasteiger partial charge in [0.15, 0.2) is 0 Å². The van der Waals surface area contributed by atoms with Gasteiger partial charge in [0, 0.05) is 6.42 Å². The lowest BCUT2D eigenvalue weighted by molar-refractivity contribution is 0.0511. The molecule has 0 radical (unpaired) electrons. The minimum absolute atomic E-state index is 0.0309. The molecule has 25 heavy (non-hydrogen) atoms. The molecule has 0 aliphatic carbocycles. The van der Waals surface area contributed by atoms with E-state index in [-0.39, 0.29) is 28.5 Å². The predicted molar refractivity (Wildman–Crippen MR) is 89.5 cm³/mol. The van der Waals surface area contributed by atoms with Crippen molar-refractivity contribution in [1.29, 1.82) is 5.26 Å². The number of halogens is 1. The Morgan fingerprint density at radius 2 is 2.12 bits per heavy atom. The Kier molecular flexibility index (Phi) is 6.20. The SMILES string of the molecule is N#CCCOC(=O)c1cc(S(N)(=O)=O)c(Cl)cc1CCc1ccco1. The maximum absolute atomic E-state index is 12.3. The van der Waals surface area contributed by atoms with Gasteiger partial charge in [-0.05, 0) is 36.2 Å². The van der Waals surface area contributed by atoms with E-state index < -0.39 is 16.0 Å². The van der Waals surface area contributed by atoms with Gasteiger partial charge in [0.1, 0.15) is 17.3 Å². The summed E-state index contributed by atoms with van der Waals surface area (Å²) in [5, 5.41) is 13.6. The molecular weight excluding hydrogens is 368 g/mol. The number of aryl methyl sites for hydroxylation is 2. The number of ether oxygens (including phenoxy) is 1. The minimum Gasteiger partial charge on any atom is -0.469 e. The van der Waals surface area contributed by atoms with Crippen LogP contribution in [0.4, 0.5) is 0 Å². The van der Waals surface area contributed by atoms with Gasteiger partial charge in [0.2, 0.25) is 10.0 Å². The first-order chi connectivity index (χ1) is 11.8. The summed E-state index contributed by atoms with van der Waals surface area (Å²) in [5.41, 5.74) is 0.536. The summed E-state index contributed by atoms with van der Waals surface area (Å²) >= 11 is 6.00. The summed E-state index contributed by atoms with van der Waals surface area (Å²) in [7, 11) is -4.10. The maximum atomic E-state index is 12.3. The number of primary sulfonamides is 1. The van der Waals surface area contributed by atoms with E-state index in [1.165, 1.54) is 12.3 Å². The third kappa shape index (κ3) is 5.06. The fourth-order valence-corrected chi connectivity index (χ4v) is 3.31. The number of hydrogen-bond donors (Lipinski definition) is 1. The van der Waals surface area contributed by atoms with Crippen LogP contribution in [0.3, 0.4) is 0 Å². The molecule has 0 saturated carbocycles. The van der Waals surface area contributed by atoms with Crippen molar-refractivity contribution in [2.45, 2.75) is 24.2 Å². The molecule has 0 unspecified atom stereocenters. The Bertz CT molecular complexity index is 901. The molecule has 0 bridgehead atoms. The Morgan fingerprint density at radius 3 is 2.72 bits per heavy atom. The van der Waals surface area contributed by atoms with Crippen LogP contribution in [0.5, 0.6) is 0 Å². The predicted octanol–water partition coefficient (Wildman–Crippen LogP) is 2.44. The second-order valence-corrected chi connectivity index (χ2v) is 7.05. The van der Waals surface area contributed by atoms with Crippen molar-refractivity contribution in [3.8, 4) is 6.07 Å². The number of rotatable bonds is 7. The van der Waals surface area contributed by atoms with Gasteiger partial charge in [0.25, 0.3) is 0 Å². The van der Waals surface area contributed by atoms with Crippen LogP contribution in [-0.2, 0) is 27.6 Å². The zero-order valence-electron chi connectivity index (χ0n) is 13.1. The molecule has 7 nitrogen and oxygen atoms in total. The van der Waals surface area contributed by atoms with Gasteiger partial charge in [-0.2, -0.15) is 5.26 Å². The molecule has 2 N–H and O–H groups in total. The van der Waals surface area contributed by atoms with Crippen molar-refractivity contribution in [3.05, 3.63) is 52.4 Å². The van der Waals surface area contributed by atoms with Crippen molar-refractivity contribution in [3.63, 3.8) is 0 Å². The first-order valence-corrected chi connectivity index (χ1v) is 9.17. The van der Waals surface area contributed by atoms with Crippen LogP contribution in [0.25, 0.3) is 0 Å². The first-order valence-electron chi connectivity index (χ1n) is 7.24. The van der Waals surface area contributed by atoms with E-state index in [0.29, 0.717) is 24.2 Å². The lowest BCUT2D eigenvalue weighted by atomic mass is 10.0. The molecule has 0 spiro atoms. The van der Waals surface area contributed by atoms with E-state index in [1.807, 2.05) is 6.07 Å². The fraction of sp³-hybridized carbons (Fsp3) is 0.250. The summed E-state index contributed by atoms with van der Waals surface area (Å²) in [4.78, 5) is 11.9. The van der Waals surface area contributed by atoms with Crippen molar-refractivity contribution in [2.75, 3.05) is 6.61 Å². The number of furan rings is 1. The second-order valence-electron chi connectivity index (χ2n) is 5.11. The number of hydrogen-bond acceptors (Lipinski definition) is 6. The molecule has 132 valence electrons. The molecule has 0 amide bonds. The number of esters is 1. The Morgan fingerprint density at radius 1 is 1.36 bits per heavy atom. The molecule has 1 heterocycles. The summed E-state index contributed by atoms with van der Waals surface area (Å²) in [6.07, 6.45) is 2.42. The van der Waals surface area contributed by atoms with E-state index in [9.17, 15) is 13.2 Å². The lowest BCUT2D eigenvalue weighted by Gasteiger charge is -2.12. The van der Waals surface area contributed by atoms with Crippen molar-refractivity contribution < 1.29 is 22.4 Å². The van der Waals surface area contributed by atoms with Gasteiger partial charge in [-0.1, -0.05) is 11.6 Å². The summed E-state index contributed by atoms with van der Waals surface area (Å²) in [6.45, 7) is -0.0969. The number of nitrogens with two attached hydrogens (primary N) is 1. The van der Waals surface area contributed by atoms with E-state index in [1.54, 1.807) is 12.1 Å². The molecule has 0 saturated heterocycles. The van der Waals surface area contributed by atoms with Crippen LogP contribution in [0.2, 0.25) is 5.02 Å². The smallest absolute Gasteiger partial charge is 0.338 e. The molecule has 0 aliphatic rings. The quantitative estimate of drug-likeness (QED) is 0.579. The zero-order chi connectivity index (χ0) is 18.4. The van der Waals surface area contributed by atoms with Crippen LogP contribution in [0.1, 0.15) is 28.1 Å². The van der Waals surface area contributed by atoms with E-state index in [2.05, 4.69) is 0 Å². The number of sulfonamides is 1. The van der Waals surface area contributed by atoms with Crippen LogP contribution in [0.15, 0.2) is 39.8 Å². The Hall–Kier alpha value is -2.34. The topological polar surface area (TPSA) is 123 Å². The average Bonchev–Trinajstić information content (AvgIpc) is 3.05. The van der Waals surface area contributed by atoms with E-state index in [4.69, 9.17) is 31.2 Å². The highest BCUT2D eigenvalue weighted by molar-refractivity contribution is 7.89. The zero-order valence-corrected chi connectivity index (χ0v) is 14.6. The summed E-state index contributed by atoms with van der Waals surface area (Å²) in [5.74, 6) is -0.0401. The first kappa shape index (κ1) is 19.0. The number of nitrogens with zero attached hydrogens (tertiary/aromatic N) is 1. The highest BCUT2D eigenvalue weighted by Crippen LogP contribution is 2.26. The summed E-state index contributed by atoms with van der Waals surface area (Å²) < 4.78 is 33.5. The number of nitriles is 1. The summed E-state index contributed by atoms with van der Waals surface area (Å²) in [6, 6.07) is 7.85. The maximum Gasteiger partial charge on any atom is 0.338 e. The van der Waals surface area contributed by atoms with Crippen molar-refractivity contribution in [2.24, 2.45) is 5.14 Å². The number of carbonyl (C=O) groups is 1. The molecule has 2 aromatic rings.